The van der Waals surface area contributed by atoms with Crippen LogP contribution in [0.15, 0.2) is 413 Å². The van der Waals surface area contributed by atoms with Crippen molar-refractivity contribution >= 4 is 175 Å². The summed E-state index contributed by atoms with van der Waals surface area (Å²) in [5.41, 5.74) is 30.9. The summed E-state index contributed by atoms with van der Waals surface area (Å²) >= 11 is 13.8. The fourth-order valence-electron chi connectivity index (χ4n) is 19.0. The number of para-hydroxylation sites is 4. The van der Waals surface area contributed by atoms with Crippen LogP contribution < -0.4 is 15.7 Å². The minimum Gasteiger partial charge on any atom is -0.423 e. The molecule has 0 saturated heterocycles. The number of rotatable bonds is 10. The molecule has 22 heteroatoms. The van der Waals surface area contributed by atoms with Crippen LogP contribution in [0.4, 0.5) is 28.7 Å². The van der Waals surface area contributed by atoms with E-state index >= 15 is 0 Å². The van der Waals surface area contributed by atoms with Crippen molar-refractivity contribution in [2.45, 2.75) is 38.5 Å². The number of nitrogens with one attached hydrogen (secondary N) is 2. The Labute approximate surface area is 830 Å². The highest BCUT2D eigenvalue weighted by Gasteiger charge is 2.40. The van der Waals surface area contributed by atoms with E-state index in [0.717, 1.165) is 137 Å². The van der Waals surface area contributed by atoms with Crippen molar-refractivity contribution in [3.63, 3.8) is 0 Å². The molecule has 26 rings (SSSR count). The third kappa shape index (κ3) is 17.3. The number of pyridine rings is 4. The summed E-state index contributed by atoms with van der Waals surface area (Å²) in [6.07, 6.45) is 6.98. The Kier molecular flexibility index (Phi) is 24.0. The van der Waals surface area contributed by atoms with Crippen LogP contribution in [-0.4, -0.2) is 86.5 Å². The van der Waals surface area contributed by atoms with Gasteiger partial charge >= 0.3 is 7.12 Å². The molecule has 0 amide bonds. The molecule has 0 atom stereocenters. The van der Waals surface area contributed by atoms with Gasteiger partial charge in [0.2, 0.25) is 22.5 Å². The number of anilines is 5. The summed E-state index contributed by atoms with van der Waals surface area (Å²) in [7, 11) is -1.39. The summed E-state index contributed by atoms with van der Waals surface area (Å²) in [5, 5.41) is 30.3. The number of aromatic amines is 1. The van der Waals surface area contributed by atoms with Crippen LogP contribution >= 0.6 is 45.8 Å². The van der Waals surface area contributed by atoms with Crippen molar-refractivity contribution < 1.29 is 10.0 Å². The van der Waals surface area contributed by atoms with Crippen LogP contribution in [0.1, 0.15) is 49.9 Å². The molecule has 0 unspecified atom stereocenters. The van der Waals surface area contributed by atoms with Gasteiger partial charge in [0.05, 0.1) is 44.9 Å². The minimum atomic E-state index is -1.39. The van der Waals surface area contributed by atoms with Gasteiger partial charge < -0.3 is 20.3 Å². The number of hydrogen-bond donors (Lipinski definition) is 4. The van der Waals surface area contributed by atoms with Crippen molar-refractivity contribution in [1.82, 2.24) is 69.4 Å². The van der Waals surface area contributed by atoms with Crippen molar-refractivity contribution in [2.24, 2.45) is 0 Å². The Morgan fingerprint density at radius 3 is 1.21 bits per heavy atom. The predicted molar refractivity (Wildman–Crippen MR) is 579 cm³/mol. The van der Waals surface area contributed by atoms with E-state index in [2.05, 4.69) is 355 Å². The molecule has 0 bridgehead atoms. The standard InChI is InChI=1S/C59H40N8.C21H18N2.C19H12ClN3.C12H11BO2.C7H3ClIN3/c1-59(2)47-22-10-12-24-50(47)67(58-63-54(45-21-14-34-61-56(45)65-58)42-31-27-40(28-32-42)38-17-7-4-8-18-38)52-36-51-46(35-48(52)59)43-19-9-11-23-49(43)66(51)57-62-53(44-20-13-33-60-55(44)64-57)41-29-25-39(26-30-41)37-15-5-3-6-16-37;1-21(2)15-8-4-6-10-18(15)23-20-12-19-14(11-16(20)21)13-7-3-5-9-17(13)22-19;20-19-22-17(16-7-4-12-21-18(16)23-19)15-10-8-14(9-11-15)13-5-2-1-3-6-13;14-13(15)12-8-6-11(7-9-12)10-4-2-1-3-5-10;8-7-11-5(9)4-2-1-3-10-6(4)12-7/h3-36H,1-2H3;3-12,22-23H,1-2H3;1-12H;1-9,14-15H;1-3H. The fourth-order valence-corrected chi connectivity index (χ4v) is 20.1. The Bertz CT molecular complexity index is 8800. The molecule has 0 spiro atoms. The van der Waals surface area contributed by atoms with Gasteiger partial charge in [-0.25, -0.2) is 39.9 Å². The van der Waals surface area contributed by atoms with Crippen LogP contribution in [0.3, 0.4) is 0 Å². The number of hydrogen-bond acceptors (Lipinski definition) is 16. The summed E-state index contributed by atoms with van der Waals surface area (Å²) in [6, 6.07) is 133. The second-order valence-corrected chi connectivity index (χ2v) is 36.9. The molecule has 12 heterocycles. The molecule has 24 aromatic rings. The van der Waals surface area contributed by atoms with Gasteiger partial charge in [-0.05, 0) is 215 Å². The molecule has 0 radical (unpaired) electrons. The second kappa shape index (κ2) is 37.9. The molecule has 140 heavy (non-hydrogen) atoms. The number of benzene rings is 14. The highest BCUT2D eigenvalue weighted by atomic mass is 127. The Balaban J connectivity index is 0.000000124. The molecule has 672 valence electrons. The Hall–Kier alpha value is -16.5. The molecular formula is C118H84BCl2IN16O2. The average Bonchev–Trinajstić information content (AvgIpc) is 1.32. The quantitative estimate of drug-likeness (QED) is 0.0432. The lowest BCUT2D eigenvalue weighted by atomic mass is 9.73. The zero-order chi connectivity index (χ0) is 95.1. The molecule has 18 nitrogen and oxygen atoms in total. The van der Waals surface area contributed by atoms with Crippen molar-refractivity contribution in [3.05, 3.63) is 450 Å². The SMILES string of the molecule is CC1(C)c2ccccc2N(c2nc(-c3ccc(-c4ccccc4)cc3)c3cccnc3n2)c2cc3c(cc21)c1ccccc1n3-c1nc(-c2ccc(-c3ccccc3)cc2)c2cccnc2n1.CC1(C)c2ccccc2Nc2cc3[nH]c4ccccc4c3cc21.Clc1nc(-c2ccc(-c3ccccc3)cc2)c2cccnc2n1.Clc1nc(I)c2cccnc2n1.OB(O)c1ccc(-c2ccccc2)cc1. The van der Waals surface area contributed by atoms with Crippen molar-refractivity contribution in [2.75, 3.05) is 10.2 Å². The summed E-state index contributed by atoms with van der Waals surface area (Å²) < 4.78 is 3.02. The lowest BCUT2D eigenvalue weighted by Gasteiger charge is -2.41. The van der Waals surface area contributed by atoms with Gasteiger partial charge in [-0.2, -0.15) is 19.9 Å². The maximum atomic E-state index is 8.94. The van der Waals surface area contributed by atoms with E-state index in [1.807, 2.05) is 121 Å². The first-order valence-corrected chi connectivity index (χ1v) is 47.7. The molecule has 14 aromatic carbocycles. The largest absolute Gasteiger partial charge is 0.488 e. The lowest BCUT2D eigenvalue weighted by molar-refractivity contribution is 0.426. The van der Waals surface area contributed by atoms with Crippen molar-refractivity contribution in [1.29, 1.82) is 0 Å². The first-order valence-electron chi connectivity index (χ1n) is 45.8. The van der Waals surface area contributed by atoms with Gasteiger partial charge in [-0.15, -0.1) is 0 Å². The highest BCUT2D eigenvalue weighted by Crippen LogP contribution is 2.55. The van der Waals surface area contributed by atoms with Gasteiger partial charge in [0.1, 0.15) is 3.70 Å². The normalized spacial score (nSPS) is 12.5. The number of aromatic nitrogens is 14. The molecule has 0 aliphatic carbocycles. The van der Waals surface area contributed by atoms with Gasteiger partial charge in [-0.3, -0.25) is 9.47 Å². The zero-order valence-corrected chi connectivity index (χ0v) is 79.8. The molecular weight excluding hydrogens is 1880 g/mol. The molecule has 0 fully saturated rings. The second-order valence-electron chi connectivity index (χ2n) is 35.2. The van der Waals surface area contributed by atoms with Crippen LogP contribution in [0.5, 0.6) is 0 Å². The topological polar surface area (TPSA) is 231 Å². The van der Waals surface area contributed by atoms with Gasteiger partial charge in [0, 0.05) is 112 Å². The maximum absolute atomic E-state index is 8.94. The average molecular weight is 1970 g/mol. The number of halogens is 3. The summed E-state index contributed by atoms with van der Waals surface area (Å²) in [4.78, 5) is 61.7. The number of H-pyrrole nitrogens is 1. The van der Waals surface area contributed by atoms with E-state index in [9.17, 15) is 0 Å². The Morgan fingerprint density at radius 2 is 0.679 bits per heavy atom. The monoisotopic (exact) mass is 1960 g/mol. The molecule has 2 aliphatic heterocycles. The lowest BCUT2D eigenvalue weighted by Crippen LogP contribution is -2.31. The van der Waals surface area contributed by atoms with Crippen molar-refractivity contribution in [3.8, 4) is 84.2 Å². The van der Waals surface area contributed by atoms with E-state index < -0.39 is 7.12 Å². The van der Waals surface area contributed by atoms with Gasteiger partial charge in [0.15, 0.2) is 22.6 Å². The first kappa shape index (κ1) is 88.8. The van der Waals surface area contributed by atoms with E-state index in [1.165, 1.54) is 55.4 Å². The van der Waals surface area contributed by atoms with Crippen LogP contribution in [0.2, 0.25) is 10.6 Å². The molecule has 4 N–H and O–H groups in total. The van der Waals surface area contributed by atoms with Gasteiger partial charge in [-0.1, -0.05) is 319 Å². The van der Waals surface area contributed by atoms with Crippen LogP contribution in [0.25, 0.3) is 172 Å². The zero-order valence-electron chi connectivity index (χ0n) is 76.1. The third-order valence-electron chi connectivity index (χ3n) is 26.0. The van der Waals surface area contributed by atoms with Crippen LogP contribution in [0, 0.1) is 3.70 Å². The smallest absolute Gasteiger partial charge is 0.423 e. The van der Waals surface area contributed by atoms with E-state index in [4.69, 9.17) is 63.2 Å². The van der Waals surface area contributed by atoms with Crippen LogP contribution in [-0.2, 0) is 10.8 Å². The first-order chi connectivity index (χ1) is 68.5. The fraction of sp³-hybridized carbons (Fsp3) is 0.0508. The van der Waals surface area contributed by atoms with E-state index in [-0.39, 0.29) is 21.4 Å². The predicted octanol–water partition coefficient (Wildman–Crippen LogP) is 28.3. The highest BCUT2D eigenvalue weighted by molar-refractivity contribution is 14.1. The van der Waals surface area contributed by atoms with E-state index in [0.29, 0.717) is 39.9 Å². The van der Waals surface area contributed by atoms with Gasteiger partial charge in [0.25, 0.3) is 0 Å². The molecule has 2 aliphatic rings. The molecule has 0 saturated carbocycles. The van der Waals surface area contributed by atoms with E-state index in [1.54, 1.807) is 36.9 Å². The number of fused-ring (bicyclic) bond motifs is 14. The molecule has 10 aromatic heterocycles. The number of nitrogens with zero attached hydrogens (tertiary/aromatic N) is 14. The summed E-state index contributed by atoms with van der Waals surface area (Å²) in [5.74, 6) is 1.07. The minimum absolute atomic E-state index is 0.0102. The Morgan fingerprint density at radius 1 is 0.286 bits per heavy atom. The maximum Gasteiger partial charge on any atom is 0.488 e. The summed E-state index contributed by atoms with van der Waals surface area (Å²) in [6.45, 7) is 9.24. The third-order valence-corrected chi connectivity index (χ3v) is 27.1.